The van der Waals surface area contributed by atoms with Gasteiger partial charge in [0.25, 0.3) is 0 Å². The number of rotatable bonds is 4. The van der Waals surface area contributed by atoms with E-state index < -0.39 is 0 Å². The number of piperidine rings is 1. The van der Waals surface area contributed by atoms with Gasteiger partial charge in [0.05, 0.1) is 12.1 Å². The van der Waals surface area contributed by atoms with Gasteiger partial charge < -0.3 is 14.4 Å². The lowest BCUT2D eigenvalue weighted by Gasteiger charge is -2.32. The maximum Gasteiger partial charge on any atom is 0.181 e. The standard InChI is InChI=1S/C17H20ClNO2S/c1-4-9-21-16-14(18)10-13(11-15(16)20-3)17(22)19-7-5-12(2)6-8-19/h1,10-12H,5-9H2,2-3H3. The fourth-order valence-electron chi connectivity index (χ4n) is 2.49. The van der Waals surface area contributed by atoms with Crippen molar-refractivity contribution in [1.82, 2.24) is 4.90 Å². The molecule has 1 aliphatic rings. The molecule has 0 amide bonds. The van der Waals surface area contributed by atoms with E-state index in [0.29, 0.717) is 16.5 Å². The van der Waals surface area contributed by atoms with E-state index in [2.05, 4.69) is 17.7 Å². The Morgan fingerprint density at radius 2 is 2.14 bits per heavy atom. The van der Waals surface area contributed by atoms with Gasteiger partial charge in [0, 0.05) is 18.7 Å². The molecule has 3 nitrogen and oxygen atoms in total. The average Bonchev–Trinajstić information content (AvgIpc) is 2.53. The van der Waals surface area contributed by atoms with Gasteiger partial charge in [0.2, 0.25) is 0 Å². The smallest absolute Gasteiger partial charge is 0.181 e. The lowest BCUT2D eigenvalue weighted by atomic mass is 9.99. The largest absolute Gasteiger partial charge is 0.493 e. The number of thiocarbonyl (C=S) groups is 1. The summed E-state index contributed by atoms with van der Waals surface area (Å²) in [6, 6.07) is 3.67. The molecule has 0 saturated carbocycles. The van der Waals surface area contributed by atoms with Crippen LogP contribution in [0.1, 0.15) is 25.3 Å². The van der Waals surface area contributed by atoms with Crippen molar-refractivity contribution in [3.63, 3.8) is 0 Å². The third-order valence-electron chi connectivity index (χ3n) is 3.85. The summed E-state index contributed by atoms with van der Waals surface area (Å²) in [4.78, 5) is 3.03. The van der Waals surface area contributed by atoms with Crippen molar-refractivity contribution in [3.05, 3.63) is 22.7 Å². The van der Waals surface area contributed by atoms with Crippen LogP contribution in [0.5, 0.6) is 11.5 Å². The predicted molar refractivity (Wildman–Crippen MR) is 94.0 cm³/mol. The summed E-state index contributed by atoms with van der Waals surface area (Å²) in [5.41, 5.74) is 0.875. The minimum Gasteiger partial charge on any atom is -0.493 e. The summed E-state index contributed by atoms with van der Waals surface area (Å²) < 4.78 is 10.8. The second-order valence-electron chi connectivity index (χ2n) is 5.46. The molecule has 0 atom stereocenters. The molecule has 1 fully saturated rings. The van der Waals surface area contributed by atoms with Crippen molar-refractivity contribution in [1.29, 1.82) is 0 Å². The van der Waals surface area contributed by atoms with Crippen LogP contribution < -0.4 is 9.47 Å². The quantitative estimate of drug-likeness (QED) is 0.616. The molecule has 0 unspecified atom stereocenters. The first-order valence-corrected chi connectivity index (χ1v) is 8.08. The Labute approximate surface area is 142 Å². The van der Waals surface area contributed by atoms with Crippen LogP contribution in [0.2, 0.25) is 5.02 Å². The third-order valence-corrected chi connectivity index (χ3v) is 4.62. The molecule has 0 aromatic heterocycles. The number of nitrogens with zero attached hydrogens (tertiary/aromatic N) is 1. The van der Waals surface area contributed by atoms with Crippen LogP contribution in [0.3, 0.4) is 0 Å². The topological polar surface area (TPSA) is 21.7 Å². The number of hydrogen-bond donors (Lipinski definition) is 0. The van der Waals surface area contributed by atoms with Crippen molar-refractivity contribution in [2.45, 2.75) is 19.8 Å². The molecule has 0 bridgehead atoms. The number of ether oxygens (including phenoxy) is 2. The number of hydrogen-bond acceptors (Lipinski definition) is 3. The summed E-state index contributed by atoms with van der Waals surface area (Å²) in [6.07, 6.45) is 7.54. The fourth-order valence-corrected chi connectivity index (χ4v) is 3.06. The lowest BCUT2D eigenvalue weighted by molar-refractivity contribution is 0.284. The second-order valence-corrected chi connectivity index (χ2v) is 6.25. The molecule has 0 aliphatic carbocycles. The summed E-state index contributed by atoms with van der Waals surface area (Å²) in [5, 5.41) is 0.456. The van der Waals surface area contributed by atoms with Crippen molar-refractivity contribution in [2.75, 3.05) is 26.8 Å². The Morgan fingerprint density at radius 3 is 2.73 bits per heavy atom. The molecule has 0 spiro atoms. The molecule has 1 saturated heterocycles. The van der Waals surface area contributed by atoms with Crippen LogP contribution in [0.15, 0.2) is 12.1 Å². The van der Waals surface area contributed by atoms with E-state index >= 15 is 0 Å². The maximum atomic E-state index is 6.30. The molecular weight excluding hydrogens is 318 g/mol. The van der Waals surface area contributed by atoms with Crippen LogP contribution in [-0.2, 0) is 0 Å². The van der Waals surface area contributed by atoms with Gasteiger partial charge in [-0.15, -0.1) is 6.42 Å². The first kappa shape index (κ1) is 16.9. The van der Waals surface area contributed by atoms with E-state index in [9.17, 15) is 0 Å². The molecule has 1 heterocycles. The van der Waals surface area contributed by atoms with E-state index in [1.54, 1.807) is 7.11 Å². The summed E-state index contributed by atoms with van der Waals surface area (Å²) in [6.45, 7) is 4.38. The highest BCUT2D eigenvalue weighted by Crippen LogP contribution is 2.37. The minimum atomic E-state index is 0.143. The molecule has 0 radical (unpaired) electrons. The Kier molecular flexibility index (Phi) is 5.93. The van der Waals surface area contributed by atoms with Crippen molar-refractivity contribution in [2.24, 2.45) is 5.92 Å². The van der Waals surface area contributed by atoms with Gasteiger partial charge in [0.15, 0.2) is 11.5 Å². The maximum absolute atomic E-state index is 6.30. The Morgan fingerprint density at radius 1 is 1.45 bits per heavy atom. The summed E-state index contributed by atoms with van der Waals surface area (Å²) in [7, 11) is 1.57. The van der Waals surface area contributed by atoms with E-state index in [0.717, 1.165) is 42.4 Å². The zero-order chi connectivity index (χ0) is 16.1. The van der Waals surface area contributed by atoms with Gasteiger partial charge in [-0.05, 0) is 30.9 Å². The average molecular weight is 338 g/mol. The molecule has 0 N–H and O–H groups in total. The van der Waals surface area contributed by atoms with E-state index in [-0.39, 0.29) is 6.61 Å². The zero-order valence-electron chi connectivity index (χ0n) is 12.9. The Bertz CT molecular complexity index is 589. The van der Waals surface area contributed by atoms with Crippen LogP contribution in [0, 0.1) is 18.3 Å². The first-order valence-electron chi connectivity index (χ1n) is 7.30. The zero-order valence-corrected chi connectivity index (χ0v) is 14.5. The van der Waals surface area contributed by atoms with Crippen LogP contribution >= 0.6 is 23.8 Å². The van der Waals surface area contributed by atoms with Gasteiger partial charge in [-0.1, -0.05) is 36.7 Å². The van der Waals surface area contributed by atoms with Crippen molar-refractivity contribution in [3.8, 4) is 23.8 Å². The van der Waals surface area contributed by atoms with Crippen LogP contribution in [-0.4, -0.2) is 36.7 Å². The number of methoxy groups -OCH3 is 1. The van der Waals surface area contributed by atoms with E-state index in [4.69, 9.17) is 39.7 Å². The number of halogens is 1. The highest BCUT2D eigenvalue weighted by Gasteiger charge is 2.21. The number of likely N-dealkylation sites (tertiary alicyclic amines) is 1. The van der Waals surface area contributed by atoms with Crippen LogP contribution in [0.4, 0.5) is 0 Å². The summed E-state index contributed by atoms with van der Waals surface area (Å²) in [5.74, 6) is 4.18. The SMILES string of the molecule is C#CCOc1c(Cl)cc(C(=S)N2CCC(C)CC2)cc1OC. The summed E-state index contributed by atoms with van der Waals surface area (Å²) >= 11 is 11.9. The Balaban J connectivity index is 2.23. The van der Waals surface area contributed by atoms with E-state index in [1.807, 2.05) is 12.1 Å². The van der Waals surface area contributed by atoms with Crippen molar-refractivity contribution < 1.29 is 9.47 Å². The van der Waals surface area contributed by atoms with Gasteiger partial charge in [-0.2, -0.15) is 0 Å². The number of terminal acetylenes is 1. The molecule has 5 heteroatoms. The minimum absolute atomic E-state index is 0.143. The van der Waals surface area contributed by atoms with Gasteiger partial charge in [-0.3, -0.25) is 0 Å². The monoisotopic (exact) mass is 337 g/mol. The molecule has 1 aromatic rings. The number of benzene rings is 1. The third kappa shape index (κ3) is 3.85. The molecule has 1 aliphatic heterocycles. The molecule has 2 rings (SSSR count). The van der Waals surface area contributed by atoms with Gasteiger partial charge >= 0.3 is 0 Å². The van der Waals surface area contributed by atoms with Gasteiger partial charge in [-0.25, -0.2) is 0 Å². The highest BCUT2D eigenvalue weighted by molar-refractivity contribution is 7.80. The molecule has 1 aromatic carbocycles. The molecule has 22 heavy (non-hydrogen) atoms. The fraction of sp³-hybridized carbons (Fsp3) is 0.471. The Hall–Kier alpha value is -1.44. The molecule has 118 valence electrons. The normalized spacial score (nSPS) is 15.3. The predicted octanol–water partition coefficient (Wildman–Crippen LogP) is 3.77. The van der Waals surface area contributed by atoms with Crippen LogP contribution in [0.25, 0.3) is 0 Å². The van der Waals surface area contributed by atoms with E-state index in [1.165, 1.54) is 0 Å². The second kappa shape index (κ2) is 7.71. The van der Waals surface area contributed by atoms with Gasteiger partial charge in [0.1, 0.15) is 11.6 Å². The first-order chi connectivity index (χ1) is 10.6. The molecular formula is C17H20ClNO2S. The highest BCUT2D eigenvalue weighted by atomic mass is 35.5. The van der Waals surface area contributed by atoms with Crippen molar-refractivity contribution >= 4 is 28.8 Å². The lowest BCUT2D eigenvalue weighted by Crippen LogP contribution is -2.37.